The Balaban J connectivity index is 0.00000180. The van der Waals surface area contributed by atoms with E-state index in [1.807, 2.05) is 77.7 Å². The first-order valence-electron chi connectivity index (χ1n) is 12.2. The molecule has 5 rings (SSSR count). The minimum absolute atomic E-state index is 0. The van der Waals surface area contributed by atoms with Gasteiger partial charge in [0.2, 0.25) is 11.8 Å². The van der Waals surface area contributed by atoms with Gasteiger partial charge in [0.15, 0.2) is 0 Å². The summed E-state index contributed by atoms with van der Waals surface area (Å²) in [7, 11) is 0. The van der Waals surface area contributed by atoms with Crippen LogP contribution in [0.2, 0.25) is 0 Å². The average Bonchev–Trinajstić information content (AvgIpc) is 3.28. The monoisotopic (exact) mass is 526 g/mol. The van der Waals surface area contributed by atoms with Gasteiger partial charge in [-0.05, 0) is 36.1 Å². The van der Waals surface area contributed by atoms with Crippen LogP contribution < -0.4 is 5.32 Å². The van der Waals surface area contributed by atoms with Crippen molar-refractivity contribution in [2.45, 2.75) is 44.6 Å². The van der Waals surface area contributed by atoms with Crippen LogP contribution in [0.5, 0.6) is 5.75 Å². The smallest absolute Gasteiger partial charge is 0.229 e. The van der Waals surface area contributed by atoms with E-state index in [4.69, 9.17) is 0 Å². The molecule has 1 aliphatic heterocycles. The maximum absolute atomic E-state index is 13.2. The lowest BCUT2D eigenvalue weighted by Gasteiger charge is -2.31. The van der Waals surface area contributed by atoms with Crippen molar-refractivity contribution in [1.82, 2.24) is 4.90 Å². The summed E-state index contributed by atoms with van der Waals surface area (Å²) in [6.45, 7) is 0.491. The molecule has 0 bridgehead atoms. The molecule has 2 fully saturated rings. The third-order valence-electron chi connectivity index (χ3n) is 7.09. The fourth-order valence-corrected chi connectivity index (χ4v) is 5.28. The molecule has 0 spiro atoms. The lowest BCUT2D eigenvalue weighted by molar-refractivity contribution is -0.130. The first-order chi connectivity index (χ1) is 16.6. The van der Waals surface area contributed by atoms with Crippen LogP contribution in [0.3, 0.4) is 0 Å². The van der Waals surface area contributed by atoms with Crippen LogP contribution in [0.1, 0.15) is 38.5 Å². The number of rotatable bonds is 5. The van der Waals surface area contributed by atoms with E-state index in [9.17, 15) is 14.7 Å². The summed E-state index contributed by atoms with van der Waals surface area (Å²) in [6, 6.07) is 23.2. The second kappa shape index (κ2) is 12.3. The van der Waals surface area contributed by atoms with Gasteiger partial charge in [0.25, 0.3) is 0 Å². The Bertz CT molecular complexity index is 1120. The molecule has 2 amide bonds. The Kier molecular flexibility index (Phi) is 9.41. The zero-order valence-corrected chi connectivity index (χ0v) is 21.7. The summed E-state index contributed by atoms with van der Waals surface area (Å²) >= 11 is 0. The summed E-state index contributed by atoms with van der Waals surface area (Å²) in [5.74, 6) is -0.235. The summed E-state index contributed by atoms with van der Waals surface area (Å²) in [4.78, 5) is 27.8. The third-order valence-corrected chi connectivity index (χ3v) is 7.09. The number of hydrogen-bond acceptors (Lipinski definition) is 3. The summed E-state index contributed by atoms with van der Waals surface area (Å²) in [6.07, 6.45) is 5.89. The summed E-state index contributed by atoms with van der Waals surface area (Å²) in [5.41, 5.74) is 3.66. The van der Waals surface area contributed by atoms with Crippen LogP contribution in [-0.4, -0.2) is 34.4 Å². The van der Waals surface area contributed by atoms with Gasteiger partial charge in [0.05, 0.1) is 5.92 Å². The van der Waals surface area contributed by atoms with Gasteiger partial charge in [0.1, 0.15) is 5.75 Å². The van der Waals surface area contributed by atoms with Crippen LogP contribution in [0.4, 0.5) is 5.69 Å². The molecule has 7 heteroatoms. The van der Waals surface area contributed by atoms with Crippen molar-refractivity contribution >= 4 is 42.3 Å². The van der Waals surface area contributed by atoms with Gasteiger partial charge in [-0.1, -0.05) is 79.9 Å². The Labute approximate surface area is 224 Å². The van der Waals surface area contributed by atoms with E-state index < -0.39 is 0 Å². The lowest BCUT2D eigenvalue weighted by atomic mass is 9.94. The Morgan fingerprint density at radius 1 is 0.833 bits per heavy atom. The van der Waals surface area contributed by atoms with E-state index >= 15 is 0 Å². The molecule has 1 heterocycles. The van der Waals surface area contributed by atoms with Crippen LogP contribution >= 0.6 is 24.8 Å². The molecule has 3 aromatic rings. The highest BCUT2D eigenvalue weighted by atomic mass is 35.5. The maximum Gasteiger partial charge on any atom is 0.229 e. The van der Waals surface area contributed by atoms with Crippen molar-refractivity contribution < 1.29 is 14.7 Å². The van der Waals surface area contributed by atoms with E-state index in [-0.39, 0.29) is 60.8 Å². The molecule has 1 unspecified atom stereocenters. The number of carbonyl (C=O) groups is 2. The van der Waals surface area contributed by atoms with E-state index in [1.54, 1.807) is 0 Å². The van der Waals surface area contributed by atoms with Gasteiger partial charge in [-0.15, -0.1) is 24.8 Å². The number of halogens is 2. The number of phenolic OH excluding ortho intramolecular Hbond substituents is 1. The number of phenols is 1. The number of aromatic hydroxyl groups is 1. The predicted octanol–water partition coefficient (Wildman–Crippen LogP) is 6.69. The molecule has 36 heavy (non-hydrogen) atoms. The van der Waals surface area contributed by atoms with E-state index in [0.29, 0.717) is 23.4 Å². The van der Waals surface area contributed by atoms with Crippen LogP contribution in [0, 0.1) is 5.92 Å². The fourth-order valence-electron chi connectivity index (χ4n) is 5.28. The Morgan fingerprint density at radius 3 is 1.89 bits per heavy atom. The summed E-state index contributed by atoms with van der Waals surface area (Å²) in [5, 5.41) is 14.2. The van der Waals surface area contributed by atoms with Gasteiger partial charge in [-0.3, -0.25) is 9.59 Å². The standard InChI is InChI=1S/C29H30N2O3.2ClH/c32-27-16-22(19-31(27)24-14-8-3-9-15-24)29(34)30-23-17-25(20-10-4-1-5-11-20)28(33)26(18-23)21-12-6-2-7-13-21;;/h1-2,4-7,10-13,17-18,22,24,33H,3,8-9,14-16,19H2,(H,30,34);2*1H. The topological polar surface area (TPSA) is 69.6 Å². The third kappa shape index (κ3) is 5.85. The molecule has 3 aromatic carbocycles. The largest absolute Gasteiger partial charge is 0.507 e. The van der Waals surface area contributed by atoms with Crippen molar-refractivity contribution in [2.24, 2.45) is 5.92 Å². The zero-order valence-electron chi connectivity index (χ0n) is 20.1. The van der Waals surface area contributed by atoms with Crippen molar-refractivity contribution in [1.29, 1.82) is 0 Å². The lowest BCUT2D eigenvalue weighted by Crippen LogP contribution is -2.38. The van der Waals surface area contributed by atoms with Crippen molar-refractivity contribution in [3.63, 3.8) is 0 Å². The van der Waals surface area contributed by atoms with Crippen LogP contribution in [0.25, 0.3) is 22.3 Å². The minimum atomic E-state index is -0.358. The van der Waals surface area contributed by atoms with Crippen LogP contribution in [0.15, 0.2) is 72.8 Å². The van der Waals surface area contributed by atoms with Gasteiger partial charge in [-0.2, -0.15) is 0 Å². The SMILES string of the molecule is Cl.Cl.O=C(Nc1cc(-c2ccccc2)c(O)c(-c2ccccc2)c1)C1CC(=O)N(C2CCCCC2)C1. The second-order valence-electron chi connectivity index (χ2n) is 9.38. The van der Waals surface area contributed by atoms with Crippen LogP contribution in [-0.2, 0) is 9.59 Å². The first kappa shape index (κ1) is 27.6. The van der Waals surface area contributed by atoms with Gasteiger partial charge in [0, 0.05) is 35.8 Å². The normalized spacial score (nSPS) is 17.7. The van der Waals surface area contributed by atoms with Gasteiger partial charge in [-0.25, -0.2) is 0 Å². The van der Waals surface area contributed by atoms with E-state index in [2.05, 4.69) is 5.32 Å². The number of hydrogen-bond donors (Lipinski definition) is 2. The highest BCUT2D eigenvalue weighted by Crippen LogP contribution is 2.41. The number of anilines is 1. The quantitative estimate of drug-likeness (QED) is 0.363. The first-order valence-corrected chi connectivity index (χ1v) is 12.2. The number of nitrogens with zero attached hydrogens (tertiary/aromatic N) is 1. The number of nitrogens with one attached hydrogen (secondary N) is 1. The number of carbonyl (C=O) groups excluding carboxylic acids is 2. The highest BCUT2D eigenvalue weighted by Gasteiger charge is 2.38. The Hall–Kier alpha value is -3.02. The summed E-state index contributed by atoms with van der Waals surface area (Å²) < 4.78 is 0. The number of amides is 2. The second-order valence-corrected chi connectivity index (χ2v) is 9.38. The maximum atomic E-state index is 13.2. The molecule has 190 valence electrons. The zero-order chi connectivity index (χ0) is 23.5. The molecule has 2 aliphatic rings. The molecular weight excluding hydrogens is 495 g/mol. The molecule has 5 nitrogen and oxygen atoms in total. The van der Waals surface area contributed by atoms with Crippen molar-refractivity contribution in [2.75, 3.05) is 11.9 Å². The average molecular weight is 527 g/mol. The van der Waals surface area contributed by atoms with E-state index in [1.165, 1.54) is 6.42 Å². The number of benzene rings is 3. The van der Waals surface area contributed by atoms with Crippen molar-refractivity contribution in [3.8, 4) is 28.0 Å². The predicted molar refractivity (Wildman–Crippen MR) is 149 cm³/mol. The van der Waals surface area contributed by atoms with Crippen molar-refractivity contribution in [3.05, 3.63) is 72.8 Å². The number of likely N-dealkylation sites (tertiary alicyclic amines) is 1. The highest BCUT2D eigenvalue weighted by molar-refractivity contribution is 5.99. The molecule has 1 aliphatic carbocycles. The fraction of sp³-hybridized carbons (Fsp3) is 0.310. The Morgan fingerprint density at radius 2 is 1.36 bits per heavy atom. The molecule has 0 radical (unpaired) electrons. The van der Waals surface area contributed by atoms with Gasteiger partial charge < -0.3 is 15.3 Å². The molecule has 1 atom stereocenters. The van der Waals surface area contributed by atoms with Gasteiger partial charge >= 0.3 is 0 Å². The molecule has 1 saturated heterocycles. The molecule has 0 aromatic heterocycles. The molecule has 2 N–H and O–H groups in total. The minimum Gasteiger partial charge on any atom is -0.507 e. The molecule has 1 saturated carbocycles. The molecular formula is C29H32Cl2N2O3. The van der Waals surface area contributed by atoms with E-state index in [0.717, 1.165) is 36.8 Å².